The predicted molar refractivity (Wildman–Crippen MR) is 58.7 cm³/mol. The van der Waals surface area contributed by atoms with Gasteiger partial charge in [0.25, 0.3) is 0 Å². The summed E-state index contributed by atoms with van der Waals surface area (Å²) in [5.41, 5.74) is 0. The summed E-state index contributed by atoms with van der Waals surface area (Å²) in [6.45, 7) is 9.45. The van der Waals surface area contributed by atoms with Gasteiger partial charge in [0.15, 0.2) is 0 Å². The highest BCUT2D eigenvalue weighted by Gasteiger charge is 2.41. The first-order chi connectivity index (χ1) is 7.20. The van der Waals surface area contributed by atoms with Crippen molar-refractivity contribution in [1.82, 2.24) is 0 Å². The quantitative estimate of drug-likeness (QED) is 0.558. The average molecular weight is 220 g/mol. The van der Waals surface area contributed by atoms with Crippen molar-refractivity contribution in [1.29, 1.82) is 0 Å². The molecule has 0 aliphatic carbocycles. The van der Waals surface area contributed by atoms with E-state index in [0.29, 0.717) is 19.8 Å². The Labute approximate surface area is 92.8 Å². The first kappa shape index (κ1) is 14.8. The molecular formula is C11H24O4. The molecule has 0 aliphatic heterocycles. The Kier molecular flexibility index (Phi) is 7.96. The fourth-order valence-corrected chi connectivity index (χ4v) is 1.55. The van der Waals surface area contributed by atoms with Crippen LogP contribution in [0.3, 0.4) is 0 Å². The molecule has 0 aromatic rings. The van der Waals surface area contributed by atoms with Gasteiger partial charge in [-0.05, 0) is 27.2 Å². The molecule has 0 saturated heterocycles. The molecule has 0 amide bonds. The van der Waals surface area contributed by atoms with Crippen molar-refractivity contribution in [3.05, 3.63) is 0 Å². The van der Waals surface area contributed by atoms with Gasteiger partial charge < -0.3 is 18.9 Å². The maximum absolute atomic E-state index is 5.58. The molecule has 92 valence electrons. The lowest BCUT2D eigenvalue weighted by atomic mass is 10.2. The number of ether oxygens (including phenoxy) is 4. The monoisotopic (exact) mass is 220 g/mol. The molecule has 1 atom stereocenters. The van der Waals surface area contributed by atoms with Crippen molar-refractivity contribution in [3.8, 4) is 0 Å². The first-order valence-electron chi connectivity index (χ1n) is 5.65. The lowest BCUT2D eigenvalue weighted by molar-refractivity contribution is -0.407. The zero-order chi connectivity index (χ0) is 11.7. The Morgan fingerprint density at radius 1 is 0.933 bits per heavy atom. The maximum Gasteiger partial charge on any atom is 0.310 e. The van der Waals surface area contributed by atoms with Gasteiger partial charge in [-0.3, -0.25) is 0 Å². The van der Waals surface area contributed by atoms with Crippen LogP contribution >= 0.6 is 0 Å². The van der Waals surface area contributed by atoms with Gasteiger partial charge in [-0.1, -0.05) is 6.92 Å². The molecule has 15 heavy (non-hydrogen) atoms. The third-order valence-corrected chi connectivity index (χ3v) is 2.11. The van der Waals surface area contributed by atoms with Crippen molar-refractivity contribution >= 4 is 0 Å². The molecule has 0 rings (SSSR count). The van der Waals surface area contributed by atoms with E-state index in [1.54, 1.807) is 7.11 Å². The highest BCUT2D eigenvalue weighted by atomic mass is 16.9. The molecule has 0 spiro atoms. The molecule has 0 N–H and O–H groups in total. The van der Waals surface area contributed by atoms with Crippen LogP contribution in [0.5, 0.6) is 0 Å². The van der Waals surface area contributed by atoms with Crippen LogP contribution in [0.1, 0.15) is 34.1 Å². The minimum absolute atomic E-state index is 0.201. The Bertz CT molecular complexity index is 144. The molecule has 0 aromatic heterocycles. The molecule has 1 unspecified atom stereocenters. The molecule has 0 aromatic carbocycles. The number of hydrogen-bond donors (Lipinski definition) is 0. The Hall–Kier alpha value is -0.160. The predicted octanol–water partition coefficient (Wildman–Crippen LogP) is 2.17. The van der Waals surface area contributed by atoms with E-state index in [1.165, 1.54) is 0 Å². The third kappa shape index (κ3) is 4.07. The van der Waals surface area contributed by atoms with Crippen molar-refractivity contribution in [3.63, 3.8) is 0 Å². The first-order valence-corrected chi connectivity index (χ1v) is 5.65. The molecule has 4 heteroatoms. The minimum atomic E-state index is -1.06. The fraction of sp³-hybridized carbons (Fsp3) is 1.00. The van der Waals surface area contributed by atoms with Gasteiger partial charge in [-0.15, -0.1) is 0 Å². The average Bonchev–Trinajstić information content (AvgIpc) is 2.25. The second kappa shape index (κ2) is 8.05. The van der Waals surface area contributed by atoms with Gasteiger partial charge in [0.1, 0.15) is 6.10 Å². The number of hydrogen-bond acceptors (Lipinski definition) is 4. The van der Waals surface area contributed by atoms with Gasteiger partial charge in [0.2, 0.25) is 0 Å². The highest BCUT2D eigenvalue weighted by Crippen LogP contribution is 2.24. The van der Waals surface area contributed by atoms with Crippen LogP contribution in [-0.2, 0) is 18.9 Å². The van der Waals surface area contributed by atoms with E-state index in [2.05, 4.69) is 0 Å². The van der Waals surface area contributed by atoms with Crippen LogP contribution in [0.2, 0.25) is 0 Å². The van der Waals surface area contributed by atoms with Crippen molar-refractivity contribution in [2.24, 2.45) is 0 Å². The molecule has 0 heterocycles. The summed E-state index contributed by atoms with van der Waals surface area (Å²) < 4.78 is 22.0. The number of methoxy groups -OCH3 is 1. The third-order valence-electron chi connectivity index (χ3n) is 2.11. The Morgan fingerprint density at radius 2 is 1.47 bits per heavy atom. The van der Waals surface area contributed by atoms with E-state index in [1.807, 2.05) is 27.7 Å². The molecular weight excluding hydrogens is 196 g/mol. The van der Waals surface area contributed by atoms with Gasteiger partial charge in [-0.25, -0.2) is 0 Å². The zero-order valence-electron chi connectivity index (χ0n) is 10.5. The standard InChI is InChI=1S/C11H24O4/c1-6-10(13-7-2)11(12-5,14-8-3)15-9-4/h10H,6-9H2,1-5H3. The van der Waals surface area contributed by atoms with Crippen LogP contribution in [0.4, 0.5) is 0 Å². The Balaban J connectivity index is 4.65. The van der Waals surface area contributed by atoms with Crippen molar-refractivity contribution in [2.45, 2.75) is 46.2 Å². The number of rotatable bonds is 9. The van der Waals surface area contributed by atoms with Crippen LogP contribution < -0.4 is 0 Å². The van der Waals surface area contributed by atoms with Crippen LogP contribution in [-0.4, -0.2) is 39.0 Å². The van der Waals surface area contributed by atoms with Crippen molar-refractivity contribution < 1.29 is 18.9 Å². The van der Waals surface area contributed by atoms with Gasteiger partial charge in [0, 0.05) is 26.9 Å². The van der Waals surface area contributed by atoms with E-state index < -0.39 is 5.97 Å². The smallest absolute Gasteiger partial charge is 0.310 e. The molecule has 0 bridgehead atoms. The summed E-state index contributed by atoms with van der Waals surface area (Å²) >= 11 is 0. The van der Waals surface area contributed by atoms with E-state index in [9.17, 15) is 0 Å². The topological polar surface area (TPSA) is 36.9 Å². The Morgan fingerprint density at radius 3 is 1.73 bits per heavy atom. The fourth-order valence-electron chi connectivity index (χ4n) is 1.55. The summed E-state index contributed by atoms with van der Waals surface area (Å²) in [7, 11) is 1.58. The highest BCUT2D eigenvalue weighted by molar-refractivity contribution is 4.70. The summed E-state index contributed by atoms with van der Waals surface area (Å²) in [6, 6.07) is 0. The molecule has 0 aliphatic rings. The van der Waals surface area contributed by atoms with E-state index in [-0.39, 0.29) is 6.10 Å². The van der Waals surface area contributed by atoms with Crippen LogP contribution in [0.15, 0.2) is 0 Å². The second-order valence-corrected chi connectivity index (χ2v) is 3.03. The summed E-state index contributed by atoms with van der Waals surface area (Å²) in [5.74, 6) is -1.06. The second-order valence-electron chi connectivity index (χ2n) is 3.03. The van der Waals surface area contributed by atoms with Crippen molar-refractivity contribution in [2.75, 3.05) is 26.9 Å². The lowest BCUT2D eigenvalue weighted by Gasteiger charge is -2.37. The lowest BCUT2D eigenvalue weighted by Crippen LogP contribution is -2.50. The normalized spacial score (nSPS) is 14.2. The van der Waals surface area contributed by atoms with Gasteiger partial charge >= 0.3 is 5.97 Å². The minimum Gasteiger partial charge on any atom is -0.370 e. The summed E-state index contributed by atoms with van der Waals surface area (Å²) in [6.07, 6.45) is 0.578. The van der Waals surface area contributed by atoms with E-state index in [0.717, 1.165) is 6.42 Å². The SMILES string of the molecule is CCOC(CC)C(OC)(OCC)OCC. The maximum atomic E-state index is 5.58. The molecule has 0 fully saturated rings. The molecule has 0 radical (unpaired) electrons. The van der Waals surface area contributed by atoms with E-state index in [4.69, 9.17) is 18.9 Å². The molecule has 0 saturated carbocycles. The summed E-state index contributed by atoms with van der Waals surface area (Å²) in [4.78, 5) is 0. The zero-order valence-corrected chi connectivity index (χ0v) is 10.5. The largest absolute Gasteiger partial charge is 0.370 e. The van der Waals surface area contributed by atoms with Crippen LogP contribution in [0.25, 0.3) is 0 Å². The summed E-state index contributed by atoms with van der Waals surface area (Å²) in [5, 5.41) is 0. The van der Waals surface area contributed by atoms with Gasteiger partial charge in [0.05, 0.1) is 0 Å². The van der Waals surface area contributed by atoms with E-state index >= 15 is 0 Å². The van der Waals surface area contributed by atoms with Gasteiger partial charge in [-0.2, -0.15) is 0 Å². The van der Waals surface area contributed by atoms with Crippen LogP contribution in [0, 0.1) is 0 Å². The molecule has 4 nitrogen and oxygen atoms in total.